The third-order valence-electron chi connectivity index (χ3n) is 3.33. The van der Waals surface area contributed by atoms with E-state index in [2.05, 4.69) is 26.2 Å². The second kappa shape index (κ2) is 8.81. The Morgan fingerprint density at radius 1 is 1.30 bits per heavy atom. The summed E-state index contributed by atoms with van der Waals surface area (Å²) in [4.78, 5) is 17.1. The van der Waals surface area contributed by atoms with Crippen molar-refractivity contribution in [1.82, 2.24) is 5.32 Å². The molecule has 1 N–H and O–H groups in total. The summed E-state index contributed by atoms with van der Waals surface area (Å²) in [6.45, 7) is -0.0844. The lowest BCUT2D eigenvalue weighted by molar-refractivity contribution is -0.115. The predicted molar refractivity (Wildman–Crippen MR) is 113 cm³/mol. The molecule has 136 valence electrons. The van der Waals surface area contributed by atoms with E-state index in [1.165, 1.54) is 11.8 Å². The molecule has 2 aromatic rings. The number of nitrogens with zero attached hydrogens (tertiary/aromatic N) is 2. The molecule has 1 aliphatic heterocycles. The number of amides is 1. The summed E-state index contributed by atoms with van der Waals surface area (Å²) >= 11 is 16.6. The third kappa shape index (κ3) is 5.05. The minimum atomic E-state index is -0.282. The highest BCUT2D eigenvalue weighted by Crippen LogP contribution is 2.34. The topological polar surface area (TPSA) is 74.5 Å². The molecule has 0 radical (unpaired) electrons. The zero-order valence-electron chi connectivity index (χ0n) is 13.5. The Balaban J connectivity index is 1.89. The molecule has 0 bridgehead atoms. The van der Waals surface area contributed by atoms with Crippen molar-refractivity contribution in [2.75, 3.05) is 6.61 Å². The van der Waals surface area contributed by atoms with Crippen molar-refractivity contribution < 1.29 is 9.53 Å². The standard InChI is InChI=1S/C18H10BrCl2N3O2S/c19-11-1-4-15(26-6-5-22)10(7-11)8-16-17(25)24-18(27-16)23-14-3-2-12(20)9-13(14)21/h1-4,7-9H,6H2,(H,23,24,25)/b16-8+. The summed E-state index contributed by atoms with van der Waals surface area (Å²) in [5, 5.41) is 12.7. The van der Waals surface area contributed by atoms with E-state index in [0.717, 1.165) is 4.47 Å². The average Bonchev–Trinajstić information content (AvgIpc) is 2.96. The molecule has 3 rings (SSSR count). The Morgan fingerprint density at radius 2 is 2.11 bits per heavy atom. The minimum absolute atomic E-state index is 0.0844. The van der Waals surface area contributed by atoms with E-state index in [4.69, 9.17) is 33.2 Å². The Morgan fingerprint density at radius 3 is 2.85 bits per heavy atom. The van der Waals surface area contributed by atoms with Crippen molar-refractivity contribution in [2.24, 2.45) is 4.99 Å². The normalized spacial score (nSPS) is 16.4. The van der Waals surface area contributed by atoms with E-state index in [1.54, 1.807) is 42.5 Å². The summed E-state index contributed by atoms with van der Waals surface area (Å²) in [5.41, 5.74) is 1.17. The molecule has 0 aliphatic carbocycles. The lowest BCUT2D eigenvalue weighted by Crippen LogP contribution is -2.19. The maximum absolute atomic E-state index is 12.3. The van der Waals surface area contributed by atoms with E-state index in [1.807, 2.05) is 6.07 Å². The van der Waals surface area contributed by atoms with Crippen molar-refractivity contribution in [1.29, 1.82) is 5.26 Å². The first kappa shape index (κ1) is 19.8. The van der Waals surface area contributed by atoms with Crippen LogP contribution in [0.15, 0.2) is 50.8 Å². The Labute approximate surface area is 178 Å². The number of carbonyl (C=O) groups is 1. The molecule has 27 heavy (non-hydrogen) atoms. The SMILES string of the molecule is N#CCOc1ccc(Br)cc1/C=C1/SC(=Nc2ccc(Cl)cc2Cl)NC1=O. The molecular weight excluding hydrogens is 473 g/mol. The largest absolute Gasteiger partial charge is 0.478 e. The third-order valence-corrected chi connectivity index (χ3v) is 5.27. The highest BCUT2D eigenvalue weighted by molar-refractivity contribution is 9.10. The number of amidine groups is 1. The van der Waals surface area contributed by atoms with Gasteiger partial charge in [0.1, 0.15) is 11.8 Å². The smallest absolute Gasteiger partial charge is 0.264 e. The number of hydrogen-bond acceptors (Lipinski definition) is 5. The zero-order valence-corrected chi connectivity index (χ0v) is 17.4. The minimum Gasteiger partial charge on any atom is -0.478 e. The van der Waals surface area contributed by atoms with E-state index < -0.39 is 0 Å². The number of hydrogen-bond donors (Lipinski definition) is 1. The first-order valence-electron chi connectivity index (χ1n) is 7.50. The maximum Gasteiger partial charge on any atom is 0.264 e. The van der Waals surface area contributed by atoms with Crippen LogP contribution in [-0.4, -0.2) is 17.7 Å². The van der Waals surface area contributed by atoms with Crippen molar-refractivity contribution in [3.63, 3.8) is 0 Å². The van der Waals surface area contributed by atoms with Gasteiger partial charge < -0.3 is 10.1 Å². The summed E-state index contributed by atoms with van der Waals surface area (Å²) in [5.74, 6) is 0.224. The van der Waals surface area contributed by atoms with Crippen LogP contribution in [0, 0.1) is 11.3 Å². The number of nitriles is 1. The number of aliphatic imine (C=N–C) groups is 1. The molecule has 1 heterocycles. The Hall–Kier alpha value is -1.98. The van der Waals surface area contributed by atoms with Gasteiger partial charge in [0.25, 0.3) is 5.91 Å². The monoisotopic (exact) mass is 481 g/mol. The predicted octanol–water partition coefficient (Wildman–Crippen LogP) is 5.55. The molecular formula is C18H10BrCl2N3O2S. The number of carbonyl (C=O) groups excluding carboxylic acids is 1. The lowest BCUT2D eigenvalue weighted by Gasteiger charge is -2.07. The molecule has 5 nitrogen and oxygen atoms in total. The van der Waals surface area contributed by atoms with E-state index >= 15 is 0 Å². The molecule has 0 saturated carbocycles. The fourth-order valence-electron chi connectivity index (χ4n) is 2.18. The Bertz CT molecular complexity index is 1020. The molecule has 1 aliphatic rings. The lowest BCUT2D eigenvalue weighted by atomic mass is 10.2. The number of halogens is 3. The van der Waals surface area contributed by atoms with Crippen LogP contribution in [0.5, 0.6) is 5.75 Å². The van der Waals surface area contributed by atoms with Gasteiger partial charge in [-0.15, -0.1) is 0 Å². The highest BCUT2D eigenvalue weighted by Gasteiger charge is 2.24. The molecule has 0 atom stereocenters. The van der Waals surface area contributed by atoms with Gasteiger partial charge in [0.15, 0.2) is 11.8 Å². The van der Waals surface area contributed by atoms with Gasteiger partial charge in [0, 0.05) is 15.1 Å². The molecule has 1 fully saturated rings. The second-order valence-corrected chi connectivity index (χ2v) is 8.00. The van der Waals surface area contributed by atoms with Gasteiger partial charge in [-0.3, -0.25) is 4.79 Å². The van der Waals surface area contributed by atoms with Crippen molar-refractivity contribution in [2.45, 2.75) is 0 Å². The molecule has 0 unspecified atom stereocenters. The van der Waals surface area contributed by atoms with Crippen LogP contribution in [0.4, 0.5) is 5.69 Å². The van der Waals surface area contributed by atoms with E-state index in [0.29, 0.717) is 37.1 Å². The van der Waals surface area contributed by atoms with Gasteiger partial charge >= 0.3 is 0 Å². The van der Waals surface area contributed by atoms with Crippen LogP contribution >= 0.6 is 50.9 Å². The molecule has 0 aromatic heterocycles. The molecule has 1 amide bonds. The molecule has 0 spiro atoms. The number of ether oxygens (including phenoxy) is 1. The molecule has 1 saturated heterocycles. The first-order valence-corrected chi connectivity index (χ1v) is 9.87. The first-order chi connectivity index (χ1) is 13.0. The number of rotatable bonds is 4. The van der Waals surface area contributed by atoms with Crippen LogP contribution in [-0.2, 0) is 4.79 Å². The Kier molecular flexibility index (Phi) is 6.45. The quantitative estimate of drug-likeness (QED) is 0.579. The fraction of sp³-hybridized carbons (Fsp3) is 0.0556. The number of nitrogens with one attached hydrogen (secondary N) is 1. The maximum atomic E-state index is 12.3. The van der Waals surface area contributed by atoms with Crippen molar-refractivity contribution >= 4 is 73.7 Å². The molecule has 2 aromatic carbocycles. The summed E-state index contributed by atoms with van der Waals surface area (Å²) < 4.78 is 6.23. The summed E-state index contributed by atoms with van der Waals surface area (Å²) in [6, 6.07) is 12.2. The second-order valence-electron chi connectivity index (χ2n) is 5.21. The van der Waals surface area contributed by atoms with Gasteiger partial charge in [-0.05, 0) is 54.2 Å². The van der Waals surface area contributed by atoms with Gasteiger partial charge in [0.2, 0.25) is 0 Å². The van der Waals surface area contributed by atoms with E-state index in [-0.39, 0.29) is 12.5 Å². The number of thioether (sulfide) groups is 1. The van der Waals surface area contributed by atoms with Crippen LogP contribution in [0.25, 0.3) is 6.08 Å². The highest BCUT2D eigenvalue weighted by atomic mass is 79.9. The van der Waals surface area contributed by atoms with Crippen LogP contribution in [0.1, 0.15) is 5.56 Å². The van der Waals surface area contributed by atoms with Crippen LogP contribution in [0.3, 0.4) is 0 Å². The van der Waals surface area contributed by atoms with Crippen LogP contribution < -0.4 is 10.1 Å². The summed E-state index contributed by atoms with van der Waals surface area (Å²) in [6.07, 6.45) is 1.68. The van der Waals surface area contributed by atoms with Gasteiger partial charge in [-0.2, -0.15) is 5.26 Å². The zero-order chi connectivity index (χ0) is 19.4. The van der Waals surface area contributed by atoms with Crippen molar-refractivity contribution in [3.05, 3.63) is 61.4 Å². The van der Waals surface area contributed by atoms with Gasteiger partial charge in [-0.25, -0.2) is 4.99 Å². The fourth-order valence-corrected chi connectivity index (χ4v) is 3.83. The van der Waals surface area contributed by atoms with Crippen molar-refractivity contribution in [3.8, 4) is 11.8 Å². The summed E-state index contributed by atoms with van der Waals surface area (Å²) in [7, 11) is 0. The molecule has 9 heteroatoms. The average molecular weight is 483 g/mol. The van der Waals surface area contributed by atoms with Gasteiger partial charge in [-0.1, -0.05) is 39.1 Å². The van der Waals surface area contributed by atoms with Gasteiger partial charge in [0.05, 0.1) is 15.6 Å². The van der Waals surface area contributed by atoms with Crippen LogP contribution in [0.2, 0.25) is 10.0 Å². The number of benzene rings is 2. The van der Waals surface area contributed by atoms with E-state index in [9.17, 15) is 4.79 Å².